The molecule has 0 radical (unpaired) electrons. The third-order valence-electron chi connectivity index (χ3n) is 6.00. The van der Waals surface area contributed by atoms with Crippen LogP contribution in [-0.2, 0) is 6.54 Å². The van der Waals surface area contributed by atoms with E-state index >= 15 is 0 Å². The minimum Gasteiger partial charge on any atom is -0.497 e. The van der Waals surface area contributed by atoms with Crippen LogP contribution in [-0.4, -0.2) is 49.6 Å². The van der Waals surface area contributed by atoms with Gasteiger partial charge in [-0.05, 0) is 47.5 Å². The van der Waals surface area contributed by atoms with Crippen LogP contribution in [0.3, 0.4) is 0 Å². The Labute approximate surface area is 196 Å². The van der Waals surface area contributed by atoms with Crippen molar-refractivity contribution in [2.45, 2.75) is 19.1 Å². The minimum atomic E-state index is -0.0250. The van der Waals surface area contributed by atoms with Gasteiger partial charge in [0, 0.05) is 50.7 Å². The fourth-order valence-corrected chi connectivity index (χ4v) is 4.23. The fourth-order valence-electron chi connectivity index (χ4n) is 4.10. The Hall–Kier alpha value is -2.53. The third kappa shape index (κ3) is 6.49. The first-order valence-electron chi connectivity index (χ1n) is 11.2. The molecule has 5 heteroatoms. The summed E-state index contributed by atoms with van der Waals surface area (Å²) in [5.41, 5.74) is 2.53. The van der Waals surface area contributed by atoms with Gasteiger partial charge in [0.05, 0.1) is 7.11 Å². The molecule has 0 unspecified atom stereocenters. The van der Waals surface area contributed by atoms with Crippen molar-refractivity contribution in [3.63, 3.8) is 0 Å². The molecule has 1 fully saturated rings. The van der Waals surface area contributed by atoms with Gasteiger partial charge in [0.15, 0.2) is 0 Å². The average Bonchev–Trinajstić information content (AvgIpc) is 2.84. The highest BCUT2D eigenvalue weighted by atomic mass is 35.5. The highest BCUT2D eigenvalue weighted by Gasteiger charge is 2.20. The van der Waals surface area contributed by atoms with Crippen LogP contribution in [0.2, 0.25) is 5.02 Å². The molecule has 4 rings (SSSR count). The van der Waals surface area contributed by atoms with E-state index in [1.807, 2.05) is 36.4 Å². The van der Waals surface area contributed by atoms with Gasteiger partial charge in [-0.1, -0.05) is 54.1 Å². The summed E-state index contributed by atoms with van der Waals surface area (Å²) in [5.74, 6) is 1.67. The van der Waals surface area contributed by atoms with Gasteiger partial charge < -0.3 is 14.4 Å². The molecule has 1 aliphatic rings. The predicted octanol–water partition coefficient (Wildman–Crippen LogP) is 5.68. The number of rotatable bonds is 9. The van der Waals surface area contributed by atoms with Crippen LogP contribution in [0.15, 0.2) is 78.9 Å². The van der Waals surface area contributed by atoms with Crippen molar-refractivity contribution in [1.29, 1.82) is 0 Å². The highest BCUT2D eigenvalue weighted by molar-refractivity contribution is 6.30. The number of nitrogens with zero attached hydrogens (tertiary/aromatic N) is 2. The van der Waals surface area contributed by atoms with Crippen LogP contribution in [0.1, 0.15) is 23.7 Å². The average molecular weight is 451 g/mol. The Morgan fingerprint density at radius 2 is 1.41 bits per heavy atom. The summed E-state index contributed by atoms with van der Waals surface area (Å²) >= 11 is 6.11. The molecule has 1 atom stereocenters. The summed E-state index contributed by atoms with van der Waals surface area (Å²) in [4.78, 5) is 5.08. The van der Waals surface area contributed by atoms with Crippen LogP contribution < -0.4 is 9.47 Å². The zero-order chi connectivity index (χ0) is 22.2. The summed E-state index contributed by atoms with van der Waals surface area (Å²) < 4.78 is 11.7. The smallest absolute Gasteiger partial charge is 0.125 e. The zero-order valence-electron chi connectivity index (χ0n) is 18.6. The number of ether oxygens (including phenoxy) is 2. The lowest BCUT2D eigenvalue weighted by Crippen LogP contribution is -2.46. The number of hydrogen-bond acceptors (Lipinski definition) is 4. The van der Waals surface area contributed by atoms with Crippen molar-refractivity contribution in [2.24, 2.45) is 0 Å². The van der Waals surface area contributed by atoms with Gasteiger partial charge in [-0.3, -0.25) is 4.90 Å². The molecule has 0 N–H and O–H groups in total. The van der Waals surface area contributed by atoms with Crippen LogP contribution in [0.4, 0.5) is 0 Å². The first-order chi connectivity index (χ1) is 15.7. The monoisotopic (exact) mass is 450 g/mol. The second-order valence-corrected chi connectivity index (χ2v) is 8.66. The Kier molecular flexibility index (Phi) is 8.05. The third-order valence-corrected chi connectivity index (χ3v) is 6.25. The first kappa shape index (κ1) is 22.7. The Bertz CT molecular complexity index is 940. The molecule has 1 saturated heterocycles. The number of benzene rings is 3. The molecule has 0 spiro atoms. The zero-order valence-corrected chi connectivity index (χ0v) is 19.4. The van der Waals surface area contributed by atoms with E-state index in [1.54, 1.807) is 7.11 Å². The van der Waals surface area contributed by atoms with E-state index in [2.05, 4.69) is 52.3 Å². The van der Waals surface area contributed by atoms with Crippen molar-refractivity contribution in [2.75, 3.05) is 39.8 Å². The van der Waals surface area contributed by atoms with E-state index < -0.39 is 0 Å². The van der Waals surface area contributed by atoms with Gasteiger partial charge in [0.1, 0.15) is 17.6 Å². The number of methoxy groups -OCH3 is 1. The highest BCUT2D eigenvalue weighted by Crippen LogP contribution is 2.28. The van der Waals surface area contributed by atoms with Crippen molar-refractivity contribution in [1.82, 2.24) is 9.80 Å². The normalized spacial score (nSPS) is 15.9. The molecule has 0 aliphatic carbocycles. The molecule has 0 bridgehead atoms. The second-order valence-electron chi connectivity index (χ2n) is 8.23. The van der Waals surface area contributed by atoms with E-state index in [9.17, 15) is 0 Å². The van der Waals surface area contributed by atoms with E-state index in [-0.39, 0.29) is 6.10 Å². The predicted molar refractivity (Wildman–Crippen MR) is 131 cm³/mol. The molecular weight excluding hydrogens is 420 g/mol. The van der Waals surface area contributed by atoms with E-state index in [0.717, 1.165) is 67.8 Å². The van der Waals surface area contributed by atoms with E-state index in [0.29, 0.717) is 0 Å². The molecule has 0 amide bonds. The fraction of sp³-hybridized carbons (Fsp3) is 0.333. The maximum absolute atomic E-state index is 6.40. The summed E-state index contributed by atoms with van der Waals surface area (Å²) in [6.07, 6.45) is 0.898. The van der Waals surface area contributed by atoms with Gasteiger partial charge in [-0.2, -0.15) is 0 Å². The molecule has 1 aliphatic heterocycles. The number of halogens is 1. The molecule has 3 aromatic rings. The summed E-state index contributed by atoms with van der Waals surface area (Å²) in [5, 5.41) is 0.742. The SMILES string of the molecule is COc1ccc(O[C@H](CCN2CCN(Cc3ccccc3)CC2)c2ccc(Cl)cc2)cc1. The molecule has 32 heavy (non-hydrogen) atoms. The summed E-state index contributed by atoms with van der Waals surface area (Å²) in [6.45, 7) is 6.40. The van der Waals surface area contributed by atoms with Crippen molar-refractivity contribution >= 4 is 11.6 Å². The Morgan fingerprint density at radius 3 is 2.06 bits per heavy atom. The number of piperazine rings is 1. The Morgan fingerprint density at radius 1 is 0.781 bits per heavy atom. The van der Waals surface area contributed by atoms with Crippen LogP contribution >= 0.6 is 11.6 Å². The Balaban J connectivity index is 1.33. The lowest BCUT2D eigenvalue weighted by Gasteiger charge is -2.35. The second kappa shape index (κ2) is 11.4. The minimum absolute atomic E-state index is 0.0250. The molecule has 168 valence electrons. The van der Waals surface area contributed by atoms with Crippen molar-refractivity contribution < 1.29 is 9.47 Å². The number of hydrogen-bond donors (Lipinski definition) is 0. The van der Waals surface area contributed by atoms with Crippen molar-refractivity contribution in [3.8, 4) is 11.5 Å². The van der Waals surface area contributed by atoms with Crippen LogP contribution in [0, 0.1) is 0 Å². The van der Waals surface area contributed by atoms with Gasteiger partial charge in [0.25, 0.3) is 0 Å². The largest absolute Gasteiger partial charge is 0.497 e. The van der Waals surface area contributed by atoms with Crippen LogP contribution in [0.25, 0.3) is 0 Å². The maximum Gasteiger partial charge on any atom is 0.125 e. The molecular formula is C27H31ClN2O2. The summed E-state index contributed by atoms with van der Waals surface area (Å²) in [6, 6.07) is 26.5. The molecule has 3 aromatic carbocycles. The van der Waals surface area contributed by atoms with Gasteiger partial charge in [-0.25, -0.2) is 0 Å². The molecule has 4 nitrogen and oxygen atoms in total. The maximum atomic E-state index is 6.40. The molecule has 1 heterocycles. The quantitative estimate of drug-likeness (QED) is 0.419. The van der Waals surface area contributed by atoms with Gasteiger partial charge in [-0.15, -0.1) is 0 Å². The topological polar surface area (TPSA) is 24.9 Å². The standard InChI is InChI=1S/C27H31ClN2O2/c1-31-25-11-13-26(14-12-25)32-27(23-7-9-24(28)10-8-23)15-16-29-17-19-30(20-18-29)21-22-5-3-2-4-6-22/h2-14,27H,15-21H2,1H3/t27-/m1/s1. The van der Waals surface area contributed by atoms with Crippen LogP contribution in [0.5, 0.6) is 11.5 Å². The van der Waals surface area contributed by atoms with Gasteiger partial charge in [0.2, 0.25) is 0 Å². The molecule has 0 saturated carbocycles. The lowest BCUT2D eigenvalue weighted by molar-refractivity contribution is 0.107. The van der Waals surface area contributed by atoms with E-state index in [1.165, 1.54) is 5.56 Å². The lowest BCUT2D eigenvalue weighted by atomic mass is 10.1. The van der Waals surface area contributed by atoms with Gasteiger partial charge >= 0.3 is 0 Å². The van der Waals surface area contributed by atoms with E-state index in [4.69, 9.17) is 21.1 Å². The van der Waals surface area contributed by atoms with Crippen molar-refractivity contribution in [3.05, 3.63) is 95.0 Å². The summed E-state index contributed by atoms with van der Waals surface area (Å²) in [7, 11) is 1.67. The molecule has 0 aromatic heterocycles. The first-order valence-corrected chi connectivity index (χ1v) is 11.6.